The van der Waals surface area contributed by atoms with Crippen LogP contribution in [0.2, 0.25) is 0 Å². The molecule has 0 bridgehead atoms. The average Bonchev–Trinajstić information content (AvgIpc) is 3.00. The number of nitrogen functional groups attached to an aromatic ring is 1. The maximum absolute atomic E-state index is 5.67. The second-order valence-corrected chi connectivity index (χ2v) is 4.29. The molecule has 1 heterocycles. The van der Waals surface area contributed by atoms with Crippen molar-refractivity contribution in [1.82, 2.24) is 9.88 Å². The first-order valence-electron chi connectivity index (χ1n) is 5.74. The Balaban J connectivity index is 1.98. The molecule has 0 aliphatic heterocycles. The molecule has 1 aromatic heterocycles. The van der Waals surface area contributed by atoms with E-state index in [0.29, 0.717) is 5.82 Å². The Hall–Kier alpha value is -1.09. The fourth-order valence-electron chi connectivity index (χ4n) is 1.94. The van der Waals surface area contributed by atoms with Gasteiger partial charge in [-0.15, -0.1) is 0 Å². The first-order valence-corrected chi connectivity index (χ1v) is 5.74. The Morgan fingerprint density at radius 2 is 2.33 bits per heavy atom. The van der Waals surface area contributed by atoms with E-state index in [1.54, 1.807) is 6.20 Å². The summed E-state index contributed by atoms with van der Waals surface area (Å²) in [7, 11) is 0. The van der Waals surface area contributed by atoms with E-state index < -0.39 is 0 Å². The molecule has 3 heteroatoms. The number of anilines is 1. The summed E-state index contributed by atoms with van der Waals surface area (Å²) in [4.78, 5) is 6.56. The Morgan fingerprint density at radius 3 is 2.93 bits per heavy atom. The minimum absolute atomic E-state index is 0.625. The molecule has 0 amide bonds. The van der Waals surface area contributed by atoms with Crippen LogP contribution in [0.25, 0.3) is 0 Å². The fraction of sp³-hybridized carbons (Fsp3) is 0.583. The van der Waals surface area contributed by atoms with Gasteiger partial charge in [0, 0.05) is 18.8 Å². The van der Waals surface area contributed by atoms with Gasteiger partial charge in [0.2, 0.25) is 0 Å². The van der Waals surface area contributed by atoms with E-state index in [-0.39, 0.29) is 0 Å². The number of hydrogen-bond donors (Lipinski definition) is 1. The maximum atomic E-state index is 5.67. The van der Waals surface area contributed by atoms with Crippen LogP contribution in [0.1, 0.15) is 31.7 Å². The molecule has 82 valence electrons. The monoisotopic (exact) mass is 205 g/mol. The number of hydrogen-bond acceptors (Lipinski definition) is 3. The molecule has 0 radical (unpaired) electrons. The number of pyridine rings is 1. The van der Waals surface area contributed by atoms with Gasteiger partial charge in [0.15, 0.2) is 0 Å². The summed E-state index contributed by atoms with van der Waals surface area (Å²) >= 11 is 0. The van der Waals surface area contributed by atoms with Gasteiger partial charge in [0.25, 0.3) is 0 Å². The van der Waals surface area contributed by atoms with Crippen LogP contribution in [0.3, 0.4) is 0 Å². The standard InChI is InChI=1S/C12H19N3/c1-2-7-15(11-3-4-11)9-10-5-6-14-12(13)8-10/h5-6,8,11H,2-4,7,9H2,1H3,(H2,13,14). The fourth-order valence-corrected chi connectivity index (χ4v) is 1.94. The topological polar surface area (TPSA) is 42.2 Å². The van der Waals surface area contributed by atoms with Crippen LogP contribution < -0.4 is 5.73 Å². The van der Waals surface area contributed by atoms with E-state index in [2.05, 4.69) is 22.9 Å². The van der Waals surface area contributed by atoms with E-state index in [1.807, 2.05) is 6.07 Å². The molecule has 1 aliphatic carbocycles. The van der Waals surface area contributed by atoms with Crippen LogP contribution in [0.4, 0.5) is 5.82 Å². The van der Waals surface area contributed by atoms with Crippen molar-refractivity contribution in [3.63, 3.8) is 0 Å². The molecule has 1 aromatic rings. The molecular formula is C12H19N3. The molecule has 0 spiro atoms. The zero-order chi connectivity index (χ0) is 10.7. The summed E-state index contributed by atoms with van der Waals surface area (Å²) in [6, 6.07) is 4.85. The smallest absolute Gasteiger partial charge is 0.123 e. The molecule has 1 fully saturated rings. The summed E-state index contributed by atoms with van der Waals surface area (Å²) in [5.41, 5.74) is 6.95. The van der Waals surface area contributed by atoms with Crippen molar-refractivity contribution in [2.75, 3.05) is 12.3 Å². The first kappa shape index (κ1) is 10.4. The number of rotatable bonds is 5. The summed E-state index contributed by atoms with van der Waals surface area (Å²) in [6.45, 7) is 4.44. The third-order valence-corrected chi connectivity index (χ3v) is 2.81. The Morgan fingerprint density at radius 1 is 1.53 bits per heavy atom. The molecule has 0 atom stereocenters. The van der Waals surface area contributed by atoms with Gasteiger partial charge in [0.05, 0.1) is 0 Å². The van der Waals surface area contributed by atoms with Crippen LogP contribution in [-0.2, 0) is 6.54 Å². The Kier molecular flexibility index (Phi) is 3.21. The number of aromatic nitrogens is 1. The Labute approximate surface area is 91.3 Å². The number of nitrogens with two attached hydrogens (primary N) is 1. The molecule has 2 N–H and O–H groups in total. The predicted octanol–water partition coefficient (Wildman–Crippen LogP) is 2.04. The highest BCUT2D eigenvalue weighted by atomic mass is 15.2. The molecular weight excluding hydrogens is 186 g/mol. The van der Waals surface area contributed by atoms with Crippen molar-refractivity contribution < 1.29 is 0 Å². The minimum atomic E-state index is 0.625. The van der Waals surface area contributed by atoms with Crippen LogP contribution in [0, 0.1) is 0 Å². The maximum Gasteiger partial charge on any atom is 0.123 e. The number of nitrogens with zero attached hydrogens (tertiary/aromatic N) is 2. The van der Waals surface area contributed by atoms with Gasteiger partial charge in [-0.2, -0.15) is 0 Å². The SMILES string of the molecule is CCCN(Cc1ccnc(N)c1)C1CC1. The van der Waals surface area contributed by atoms with Crippen molar-refractivity contribution in [3.8, 4) is 0 Å². The molecule has 1 saturated carbocycles. The quantitative estimate of drug-likeness (QED) is 0.799. The molecule has 0 aromatic carbocycles. The summed E-state index contributed by atoms with van der Waals surface area (Å²) < 4.78 is 0. The van der Waals surface area contributed by atoms with Crippen molar-refractivity contribution in [2.24, 2.45) is 0 Å². The molecule has 0 saturated heterocycles. The second-order valence-electron chi connectivity index (χ2n) is 4.29. The van der Waals surface area contributed by atoms with Gasteiger partial charge in [0.1, 0.15) is 5.82 Å². The van der Waals surface area contributed by atoms with Gasteiger partial charge >= 0.3 is 0 Å². The second kappa shape index (κ2) is 4.62. The zero-order valence-electron chi connectivity index (χ0n) is 9.32. The molecule has 0 unspecified atom stereocenters. The largest absolute Gasteiger partial charge is 0.384 e. The van der Waals surface area contributed by atoms with Crippen LogP contribution in [0.15, 0.2) is 18.3 Å². The predicted molar refractivity (Wildman–Crippen MR) is 62.4 cm³/mol. The van der Waals surface area contributed by atoms with Crippen molar-refractivity contribution in [1.29, 1.82) is 0 Å². The lowest BCUT2D eigenvalue weighted by atomic mass is 10.2. The third kappa shape index (κ3) is 2.93. The molecule has 3 nitrogen and oxygen atoms in total. The molecule has 1 aliphatic rings. The lowest BCUT2D eigenvalue weighted by Crippen LogP contribution is -2.26. The zero-order valence-corrected chi connectivity index (χ0v) is 9.32. The summed E-state index contributed by atoms with van der Waals surface area (Å²) in [5.74, 6) is 0.625. The van der Waals surface area contributed by atoms with Gasteiger partial charge < -0.3 is 5.73 Å². The third-order valence-electron chi connectivity index (χ3n) is 2.81. The van der Waals surface area contributed by atoms with Crippen molar-refractivity contribution in [2.45, 2.75) is 38.8 Å². The normalized spacial score (nSPS) is 15.9. The lowest BCUT2D eigenvalue weighted by Gasteiger charge is -2.21. The summed E-state index contributed by atoms with van der Waals surface area (Å²) in [6.07, 6.45) is 5.74. The van der Waals surface area contributed by atoms with Crippen LogP contribution in [-0.4, -0.2) is 22.5 Å². The van der Waals surface area contributed by atoms with Gasteiger partial charge in [-0.25, -0.2) is 4.98 Å². The van der Waals surface area contributed by atoms with E-state index in [1.165, 1.54) is 31.4 Å². The van der Waals surface area contributed by atoms with Gasteiger partial charge in [-0.3, -0.25) is 4.90 Å². The van der Waals surface area contributed by atoms with Crippen molar-refractivity contribution in [3.05, 3.63) is 23.9 Å². The van der Waals surface area contributed by atoms with Crippen molar-refractivity contribution >= 4 is 5.82 Å². The highest BCUT2D eigenvalue weighted by Gasteiger charge is 2.28. The highest BCUT2D eigenvalue weighted by Crippen LogP contribution is 2.28. The van der Waals surface area contributed by atoms with E-state index >= 15 is 0 Å². The Bertz CT molecular complexity index is 320. The van der Waals surface area contributed by atoms with Gasteiger partial charge in [-0.1, -0.05) is 6.92 Å². The molecule has 2 rings (SSSR count). The average molecular weight is 205 g/mol. The van der Waals surface area contributed by atoms with Crippen LogP contribution in [0.5, 0.6) is 0 Å². The first-order chi connectivity index (χ1) is 7.29. The van der Waals surface area contributed by atoms with E-state index in [0.717, 1.165) is 12.6 Å². The lowest BCUT2D eigenvalue weighted by molar-refractivity contribution is 0.255. The highest BCUT2D eigenvalue weighted by molar-refractivity contribution is 5.31. The van der Waals surface area contributed by atoms with E-state index in [4.69, 9.17) is 5.73 Å². The minimum Gasteiger partial charge on any atom is -0.384 e. The molecule has 15 heavy (non-hydrogen) atoms. The van der Waals surface area contributed by atoms with E-state index in [9.17, 15) is 0 Å². The van der Waals surface area contributed by atoms with Crippen LogP contribution >= 0.6 is 0 Å². The van der Waals surface area contributed by atoms with Gasteiger partial charge in [-0.05, 0) is 43.5 Å². The summed E-state index contributed by atoms with van der Waals surface area (Å²) in [5, 5.41) is 0.